The highest BCUT2D eigenvalue weighted by Crippen LogP contribution is 2.29. The molecule has 0 radical (unpaired) electrons. The first kappa shape index (κ1) is 20.5. The molecule has 0 spiro atoms. The minimum atomic E-state index is 0. The van der Waals surface area contributed by atoms with E-state index in [1.165, 1.54) is 38.5 Å². The van der Waals surface area contributed by atoms with Crippen LogP contribution in [0.1, 0.15) is 64.0 Å². The van der Waals surface area contributed by atoms with Gasteiger partial charge in [0.1, 0.15) is 5.82 Å². The number of hydrogen-bond acceptors (Lipinski definition) is 3. The maximum absolute atomic E-state index is 4.38. The van der Waals surface area contributed by atoms with Gasteiger partial charge in [-0.15, -0.1) is 34.2 Å². The Bertz CT molecular complexity index is 560. The second-order valence-corrected chi connectivity index (χ2v) is 7.57. The fourth-order valence-electron chi connectivity index (χ4n) is 3.98. The molecular weight excluding hydrogens is 427 g/mol. The highest BCUT2D eigenvalue weighted by molar-refractivity contribution is 14.0. The quantitative estimate of drug-likeness (QED) is 0.412. The molecule has 3 rings (SSSR count). The Balaban J connectivity index is 0.00000225. The molecular formula is C18H33IN6. The third kappa shape index (κ3) is 5.31. The molecule has 0 bridgehead atoms. The molecule has 0 amide bonds. The first-order chi connectivity index (χ1) is 11.7. The normalized spacial score (nSPS) is 23.8. The van der Waals surface area contributed by atoms with Gasteiger partial charge >= 0.3 is 0 Å². The van der Waals surface area contributed by atoms with E-state index in [9.17, 15) is 0 Å². The van der Waals surface area contributed by atoms with Crippen molar-refractivity contribution < 1.29 is 0 Å². The highest BCUT2D eigenvalue weighted by atomic mass is 127. The molecule has 2 N–H and O–H groups in total. The van der Waals surface area contributed by atoms with Crippen LogP contribution in [0.15, 0.2) is 4.99 Å². The molecule has 6 nitrogen and oxygen atoms in total. The number of aliphatic imine (C=N–C) groups is 1. The smallest absolute Gasteiger partial charge is 0.191 e. The van der Waals surface area contributed by atoms with Crippen LogP contribution in [0.4, 0.5) is 0 Å². The summed E-state index contributed by atoms with van der Waals surface area (Å²) in [6, 6.07) is 0.540. The van der Waals surface area contributed by atoms with E-state index in [4.69, 9.17) is 0 Å². The summed E-state index contributed by atoms with van der Waals surface area (Å²) in [5.41, 5.74) is 0. The van der Waals surface area contributed by atoms with Gasteiger partial charge in [0.05, 0.1) is 6.54 Å². The zero-order chi connectivity index (χ0) is 16.9. The summed E-state index contributed by atoms with van der Waals surface area (Å²) in [5.74, 6) is 4.74. The molecule has 1 aromatic rings. The summed E-state index contributed by atoms with van der Waals surface area (Å²) in [4.78, 5) is 4.38. The molecule has 1 aliphatic carbocycles. The van der Waals surface area contributed by atoms with Crippen molar-refractivity contribution in [3.05, 3.63) is 11.6 Å². The lowest BCUT2D eigenvalue weighted by molar-refractivity contribution is 0.250. The number of nitrogens with one attached hydrogen (secondary N) is 2. The summed E-state index contributed by atoms with van der Waals surface area (Å²) in [6.07, 6.45) is 8.64. The predicted octanol–water partition coefficient (Wildman–Crippen LogP) is 3.11. The summed E-state index contributed by atoms with van der Waals surface area (Å²) < 4.78 is 2.26. The lowest BCUT2D eigenvalue weighted by atomic mass is 9.80. The van der Waals surface area contributed by atoms with E-state index in [1.807, 2.05) is 7.05 Å². The average molecular weight is 460 g/mol. The molecule has 0 saturated heterocycles. The topological polar surface area (TPSA) is 67.1 Å². The SMILES string of the molecule is CN=C(NCc1nnc2n1CCCC2)NC1CCC(C(C)C)CC1.I. The summed E-state index contributed by atoms with van der Waals surface area (Å²) in [7, 11) is 1.84. The Morgan fingerprint density at radius 1 is 1.20 bits per heavy atom. The molecule has 2 heterocycles. The van der Waals surface area contributed by atoms with Crippen molar-refractivity contribution in [2.75, 3.05) is 7.05 Å². The number of halogens is 1. The Morgan fingerprint density at radius 2 is 1.96 bits per heavy atom. The molecule has 0 atom stereocenters. The summed E-state index contributed by atoms with van der Waals surface area (Å²) in [6.45, 7) is 6.43. The van der Waals surface area contributed by atoms with Gasteiger partial charge in [0.2, 0.25) is 0 Å². The van der Waals surface area contributed by atoms with Crippen LogP contribution in [-0.4, -0.2) is 33.8 Å². The monoisotopic (exact) mass is 460 g/mol. The van der Waals surface area contributed by atoms with E-state index >= 15 is 0 Å². The zero-order valence-corrected chi connectivity index (χ0v) is 18.1. The zero-order valence-electron chi connectivity index (χ0n) is 15.8. The molecule has 25 heavy (non-hydrogen) atoms. The number of aryl methyl sites for hydroxylation is 1. The van der Waals surface area contributed by atoms with Gasteiger partial charge in [0, 0.05) is 26.1 Å². The van der Waals surface area contributed by atoms with Crippen molar-refractivity contribution in [3.63, 3.8) is 0 Å². The lowest BCUT2D eigenvalue weighted by Crippen LogP contribution is -2.45. The molecule has 2 aliphatic rings. The molecule has 142 valence electrons. The van der Waals surface area contributed by atoms with Crippen LogP contribution in [0.2, 0.25) is 0 Å². The number of aromatic nitrogens is 3. The number of fused-ring (bicyclic) bond motifs is 1. The fourth-order valence-corrected chi connectivity index (χ4v) is 3.98. The van der Waals surface area contributed by atoms with Crippen molar-refractivity contribution >= 4 is 29.9 Å². The van der Waals surface area contributed by atoms with Crippen molar-refractivity contribution in [1.29, 1.82) is 0 Å². The Kier molecular flexibility index (Phi) is 7.96. The highest BCUT2D eigenvalue weighted by Gasteiger charge is 2.24. The second kappa shape index (κ2) is 9.73. The van der Waals surface area contributed by atoms with Crippen molar-refractivity contribution in [3.8, 4) is 0 Å². The standard InChI is InChI=1S/C18H32N6.HI/c1-13(2)14-7-9-15(10-8-14)21-18(19-3)20-12-17-23-22-16-6-4-5-11-24(16)17;/h13-15H,4-12H2,1-3H3,(H2,19,20,21);1H. The van der Waals surface area contributed by atoms with E-state index in [0.717, 1.165) is 42.4 Å². The maximum atomic E-state index is 4.38. The second-order valence-electron chi connectivity index (χ2n) is 7.57. The first-order valence-electron chi connectivity index (χ1n) is 9.55. The van der Waals surface area contributed by atoms with Crippen molar-refractivity contribution in [1.82, 2.24) is 25.4 Å². The first-order valence-corrected chi connectivity index (χ1v) is 9.55. The van der Waals surface area contributed by atoms with Gasteiger partial charge in [0.15, 0.2) is 11.8 Å². The van der Waals surface area contributed by atoms with E-state index in [-0.39, 0.29) is 24.0 Å². The largest absolute Gasteiger partial charge is 0.354 e. The van der Waals surface area contributed by atoms with Gasteiger partial charge in [-0.3, -0.25) is 4.99 Å². The van der Waals surface area contributed by atoms with Gasteiger partial charge in [0.25, 0.3) is 0 Å². The lowest BCUT2D eigenvalue weighted by Gasteiger charge is -2.32. The number of nitrogens with zero attached hydrogens (tertiary/aromatic N) is 4. The molecule has 7 heteroatoms. The maximum Gasteiger partial charge on any atom is 0.191 e. The van der Waals surface area contributed by atoms with E-state index < -0.39 is 0 Å². The van der Waals surface area contributed by atoms with E-state index in [0.29, 0.717) is 12.6 Å². The van der Waals surface area contributed by atoms with Crippen LogP contribution in [0.3, 0.4) is 0 Å². The van der Waals surface area contributed by atoms with Crippen LogP contribution < -0.4 is 10.6 Å². The van der Waals surface area contributed by atoms with Gasteiger partial charge in [-0.25, -0.2) is 0 Å². The number of guanidine groups is 1. The van der Waals surface area contributed by atoms with Crippen LogP contribution in [0.25, 0.3) is 0 Å². The molecule has 1 aromatic heterocycles. The van der Waals surface area contributed by atoms with E-state index in [1.54, 1.807) is 0 Å². The Labute approximate surface area is 168 Å². The van der Waals surface area contributed by atoms with Crippen LogP contribution in [0, 0.1) is 11.8 Å². The van der Waals surface area contributed by atoms with Gasteiger partial charge in [-0.1, -0.05) is 13.8 Å². The predicted molar refractivity (Wildman–Crippen MR) is 112 cm³/mol. The molecule has 1 fully saturated rings. The van der Waals surface area contributed by atoms with Crippen molar-refractivity contribution in [2.24, 2.45) is 16.8 Å². The molecule has 0 aromatic carbocycles. The summed E-state index contributed by atoms with van der Waals surface area (Å²) >= 11 is 0. The third-order valence-corrected chi connectivity index (χ3v) is 5.63. The number of hydrogen-bond donors (Lipinski definition) is 2. The fraction of sp³-hybridized carbons (Fsp3) is 0.833. The average Bonchev–Trinajstić information content (AvgIpc) is 3.02. The van der Waals surface area contributed by atoms with E-state index in [2.05, 4.69) is 44.2 Å². The summed E-state index contributed by atoms with van der Waals surface area (Å²) in [5, 5.41) is 15.7. The molecule has 0 unspecified atom stereocenters. The van der Waals surface area contributed by atoms with Crippen LogP contribution >= 0.6 is 24.0 Å². The van der Waals surface area contributed by atoms with Gasteiger partial charge in [-0.2, -0.15) is 0 Å². The molecule has 1 aliphatic heterocycles. The number of rotatable bonds is 4. The minimum Gasteiger partial charge on any atom is -0.354 e. The Morgan fingerprint density at radius 3 is 2.64 bits per heavy atom. The minimum absolute atomic E-state index is 0. The molecule has 1 saturated carbocycles. The van der Waals surface area contributed by atoms with Gasteiger partial charge < -0.3 is 15.2 Å². The van der Waals surface area contributed by atoms with Crippen LogP contribution in [0.5, 0.6) is 0 Å². The van der Waals surface area contributed by atoms with Crippen LogP contribution in [-0.2, 0) is 19.5 Å². The Hall–Kier alpha value is -0.860. The van der Waals surface area contributed by atoms with Crippen molar-refractivity contribution in [2.45, 2.75) is 77.9 Å². The van der Waals surface area contributed by atoms with Gasteiger partial charge in [-0.05, 0) is 50.4 Å². The third-order valence-electron chi connectivity index (χ3n) is 5.63.